The predicted octanol–water partition coefficient (Wildman–Crippen LogP) is 0.950. The minimum atomic E-state index is -0.508. The molecule has 1 amide bonds. The van der Waals surface area contributed by atoms with Gasteiger partial charge in [0.2, 0.25) is 0 Å². The van der Waals surface area contributed by atoms with E-state index in [1.54, 1.807) is 42.9 Å². The molecule has 2 heterocycles. The van der Waals surface area contributed by atoms with Crippen molar-refractivity contribution in [1.82, 2.24) is 15.3 Å². The summed E-state index contributed by atoms with van der Waals surface area (Å²) in [5.74, 6) is -0.873. The van der Waals surface area contributed by atoms with Gasteiger partial charge in [-0.2, -0.15) is 0 Å². The molecule has 102 valence electrons. The molecule has 6 nitrogen and oxygen atoms in total. The Hall–Kier alpha value is -2.76. The lowest BCUT2D eigenvalue weighted by Crippen LogP contribution is -2.30. The first kappa shape index (κ1) is 13.7. The average Bonchev–Trinajstić information content (AvgIpc) is 2.52. The number of carbonyl (C=O) groups excluding carboxylic acids is 2. The number of nitrogens with one attached hydrogen (secondary N) is 1. The number of esters is 1. The molecule has 0 aromatic carbocycles. The summed E-state index contributed by atoms with van der Waals surface area (Å²) >= 11 is 0. The van der Waals surface area contributed by atoms with Crippen LogP contribution in [0.4, 0.5) is 0 Å². The number of hydrogen-bond acceptors (Lipinski definition) is 5. The van der Waals surface area contributed by atoms with E-state index >= 15 is 0 Å². The summed E-state index contributed by atoms with van der Waals surface area (Å²) in [4.78, 5) is 30.9. The third-order valence-electron chi connectivity index (χ3n) is 2.44. The Bertz CT molecular complexity index is 573. The Kier molecular flexibility index (Phi) is 4.77. The highest BCUT2D eigenvalue weighted by Crippen LogP contribution is 1.98. The molecule has 0 fully saturated rings. The number of ether oxygens (including phenoxy) is 1. The van der Waals surface area contributed by atoms with Crippen molar-refractivity contribution in [2.75, 3.05) is 6.54 Å². The number of rotatable bonds is 5. The van der Waals surface area contributed by atoms with Crippen molar-refractivity contribution in [3.05, 3.63) is 60.2 Å². The fourth-order valence-corrected chi connectivity index (χ4v) is 1.45. The summed E-state index contributed by atoms with van der Waals surface area (Å²) in [7, 11) is 0. The molecule has 0 aliphatic heterocycles. The molecule has 2 rings (SSSR count). The Morgan fingerprint density at radius 1 is 1.10 bits per heavy atom. The van der Waals surface area contributed by atoms with Crippen molar-refractivity contribution >= 4 is 11.9 Å². The molecule has 2 aromatic heterocycles. The molecular weight excluding hydrogens is 258 g/mol. The van der Waals surface area contributed by atoms with Crippen molar-refractivity contribution < 1.29 is 14.3 Å². The zero-order chi connectivity index (χ0) is 14.2. The van der Waals surface area contributed by atoms with Gasteiger partial charge in [0.25, 0.3) is 5.91 Å². The molecule has 20 heavy (non-hydrogen) atoms. The van der Waals surface area contributed by atoms with Gasteiger partial charge in [0.1, 0.15) is 13.2 Å². The van der Waals surface area contributed by atoms with Gasteiger partial charge in [-0.15, -0.1) is 0 Å². The van der Waals surface area contributed by atoms with E-state index in [0.29, 0.717) is 5.56 Å². The SMILES string of the molecule is O=C(CNC(=O)c1cccnc1)OCc1cccnc1. The smallest absolute Gasteiger partial charge is 0.325 e. The van der Waals surface area contributed by atoms with Gasteiger partial charge in [-0.3, -0.25) is 19.6 Å². The topological polar surface area (TPSA) is 81.2 Å². The maximum absolute atomic E-state index is 11.7. The van der Waals surface area contributed by atoms with Crippen LogP contribution in [0.15, 0.2) is 49.1 Å². The van der Waals surface area contributed by atoms with Crippen molar-refractivity contribution in [2.45, 2.75) is 6.61 Å². The lowest BCUT2D eigenvalue weighted by Gasteiger charge is -2.06. The van der Waals surface area contributed by atoms with Crippen LogP contribution in [0.2, 0.25) is 0 Å². The largest absolute Gasteiger partial charge is 0.459 e. The van der Waals surface area contributed by atoms with Crippen LogP contribution in [-0.4, -0.2) is 28.4 Å². The quantitative estimate of drug-likeness (QED) is 0.819. The molecule has 0 aliphatic rings. The zero-order valence-electron chi connectivity index (χ0n) is 10.7. The van der Waals surface area contributed by atoms with Gasteiger partial charge >= 0.3 is 5.97 Å². The zero-order valence-corrected chi connectivity index (χ0v) is 10.7. The minimum Gasteiger partial charge on any atom is -0.459 e. The molecular formula is C14H13N3O3. The third kappa shape index (κ3) is 4.16. The first-order chi connectivity index (χ1) is 9.75. The minimum absolute atomic E-state index is 0.134. The Morgan fingerprint density at radius 3 is 2.50 bits per heavy atom. The molecule has 1 N–H and O–H groups in total. The van der Waals surface area contributed by atoms with Crippen LogP contribution >= 0.6 is 0 Å². The summed E-state index contributed by atoms with van der Waals surface area (Å²) in [6.07, 6.45) is 6.25. The second kappa shape index (κ2) is 6.98. The Morgan fingerprint density at radius 2 is 1.85 bits per heavy atom. The highest BCUT2D eigenvalue weighted by atomic mass is 16.5. The average molecular weight is 271 g/mol. The van der Waals surface area contributed by atoms with Crippen LogP contribution in [0.5, 0.6) is 0 Å². The lowest BCUT2D eigenvalue weighted by molar-refractivity contribution is -0.143. The molecule has 2 aromatic rings. The first-order valence-corrected chi connectivity index (χ1v) is 5.98. The van der Waals surface area contributed by atoms with Gasteiger partial charge in [-0.25, -0.2) is 0 Å². The fourth-order valence-electron chi connectivity index (χ4n) is 1.45. The maximum Gasteiger partial charge on any atom is 0.325 e. The third-order valence-corrected chi connectivity index (χ3v) is 2.44. The van der Waals surface area contributed by atoms with E-state index in [2.05, 4.69) is 15.3 Å². The van der Waals surface area contributed by atoms with Crippen molar-refractivity contribution in [1.29, 1.82) is 0 Å². The first-order valence-electron chi connectivity index (χ1n) is 5.98. The van der Waals surface area contributed by atoms with Gasteiger partial charge in [0, 0.05) is 30.4 Å². The van der Waals surface area contributed by atoms with Crippen LogP contribution in [0.3, 0.4) is 0 Å². The standard InChI is InChI=1S/C14H13N3O3/c18-13(20-10-11-3-1-5-15-7-11)9-17-14(19)12-4-2-6-16-8-12/h1-8H,9-10H2,(H,17,19). The van der Waals surface area contributed by atoms with Gasteiger partial charge in [0.15, 0.2) is 0 Å². The van der Waals surface area contributed by atoms with Crippen LogP contribution in [0.1, 0.15) is 15.9 Å². The van der Waals surface area contributed by atoms with Gasteiger partial charge < -0.3 is 10.1 Å². The molecule has 0 atom stereocenters. The highest BCUT2D eigenvalue weighted by molar-refractivity contribution is 5.95. The number of aromatic nitrogens is 2. The van der Waals surface area contributed by atoms with Crippen molar-refractivity contribution in [2.24, 2.45) is 0 Å². The highest BCUT2D eigenvalue weighted by Gasteiger charge is 2.08. The number of nitrogens with zero attached hydrogens (tertiary/aromatic N) is 2. The van der Waals surface area contributed by atoms with Gasteiger partial charge in [-0.1, -0.05) is 6.07 Å². The van der Waals surface area contributed by atoms with E-state index in [-0.39, 0.29) is 19.1 Å². The summed E-state index contributed by atoms with van der Waals surface area (Å²) in [5.41, 5.74) is 1.19. The second-order valence-corrected chi connectivity index (χ2v) is 3.95. The van der Waals surface area contributed by atoms with Gasteiger partial charge in [-0.05, 0) is 18.2 Å². The van der Waals surface area contributed by atoms with Crippen molar-refractivity contribution in [3.8, 4) is 0 Å². The second-order valence-electron chi connectivity index (χ2n) is 3.95. The van der Waals surface area contributed by atoms with Crippen LogP contribution < -0.4 is 5.32 Å². The van der Waals surface area contributed by atoms with E-state index in [4.69, 9.17) is 4.74 Å². The van der Waals surface area contributed by atoms with E-state index in [9.17, 15) is 9.59 Å². The monoisotopic (exact) mass is 271 g/mol. The van der Waals surface area contributed by atoms with Crippen molar-refractivity contribution in [3.63, 3.8) is 0 Å². The molecule has 0 unspecified atom stereocenters. The number of pyridine rings is 2. The summed E-state index contributed by atoms with van der Waals surface area (Å²) < 4.78 is 5.01. The number of carbonyl (C=O) groups is 2. The predicted molar refractivity (Wildman–Crippen MR) is 70.6 cm³/mol. The normalized spacial score (nSPS) is 9.80. The molecule has 0 saturated heterocycles. The van der Waals surface area contributed by atoms with Crippen LogP contribution in [-0.2, 0) is 16.1 Å². The number of amides is 1. The van der Waals surface area contributed by atoms with Crippen LogP contribution in [0.25, 0.3) is 0 Å². The van der Waals surface area contributed by atoms with E-state index < -0.39 is 5.97 Å². The van der Waals surface area contributed by atoms with E-state index in [1.165, 1.54) is 6.20 Å². The van der Waals surface area contributed by atoms with E-state index in [1.807, 2.05) is 0 Å². The van der Waals surface area contributed by atoms with E-state index in [0.717, 1.165) is 5.56 Å². The molecule has 0 spiro atoms. The number of hydrogen-bond donors (Lipinski definition) is 1. The Labute approximate surface area is 115 Å². The maximum atomic E-state index is 11.7. The molecule has 0 bridgehead atoms. The molecule has 0 saturated carbocycles. The van der Waals surface area contributed by atoms with Gasteiger partial charge in [0.05, 0.1) is 5.56 Å². The molecule has 0 radical (unpaired) electrons. The van der Waals surface area contributed by atoms with Crippen LogP contribution in [0, 0.1) is 0 Å². The molecule has 6 heteroatoms. The summed E-state index contributed by atoms with van der Waals surface area (Å²) in [6, 6.07) is 6.82. The molecule has 0 aliphatic carbocycles. The summed E-state index contributed by atoms with van der Waals surface area (Å²) in [6.45, 7) is -0.0522. The summed E-state index contributed by atoms with van der Waals surface area (Å²) in [5, 5.41) is 2.47. The fraction of sp³-hybridized carbons (Fsp3) is 0.143. The Balaban J connectivity index is 1.74. The lowest BCUT2D eigenvalue weighted by atomic mass is 10.3.